The molecule has 2 aromatic rings. The van der Waals surface area contributed by atoms with Gasteiger partial charge in [0.2, 0.25) is 5.91 Å². The van der Waals surface area contributed by atoms with Crippen molar-refractivity contribution in [3.63, 3.8) is 0 Å². The Morgan fingerprint density at radius 1 is 1.35 bits per heavy atom. The highest BCUT2D eigenvalue weighted by molar-refractivity contribution is 7.83. The van der Waals surface area contributed by atoms with E-state index >= 15 is 0 Å². The van der Waals surface area contributed by atoms with Gasteiger partial charge in [0, 0.05) is 26.8 Å². The lowest BCUT2D eigenvalue weighted by Gasteiger charge is -2.19. The van der Waals surface area contributed by atoms with E-state index in [0.29, 0.717) is 22.3 Å². The van der Waals surface area contributed by atoms with E-state index in [2.05, 4.69) is 10.4 Å². The molecular formula is C16H18ClN3O2S. The van der Waals surface area contributed by atoms with Crippen molar-refractivity contribution in [2.24, 2.45) is 5.41 Å². The van der Waals surface area contributed by atoms with E-state index in [4.69, 9.17) is 11.6 Å². The SMILES string of the molecule is CC(C)(C)C(=O)Nc1c2c(nn1-c1cccc(Cl)c1)C[S@](=O)C2. The number of rotatable bonds is 2. The lowest BCUT2D eigenvalue weighted by Crippen LogP contribution is -2.29. The third kappa shape index (κ3) is 3.19. The molecule has 1 aliphatic heterocycles. The Kier molecular flexibility index (Phi) is 4.06. The monoisotopic (exact) mass is 351 g/mol. The summed E-state index contributed by atoms with van der Waals surface area (Å²) in [5.74, 6) is 1.31. The zero-order valence-corrected chi connectivity index (χ0v) is 14.8. The van der Waals surface area contributed by atoms with Crippen molar-refractivity contribution in [3.8, 4) is 5.69 Å². The number of anilines is 1. The van der Waals surface area contributed by atoms with Crippen LogP contribution in [-0.2, 0) is 27.1 Å². The minimum Gasteiger partial charge on any atom is -0.310 e. The number of halogens is 1. The number of fused-ring (bicyclic) bond motifs is 1. The normalized spacial score (nSPS) is 17.1. The summed E-state index contributed by atoms with van der Waals surface area (Å²) in [4.78, 5) is 12.4. The van der Waals surface area contributed by atoms with Crippen molar-refractivity contribution >= 4 is 34.1 Å². The summed E-state index contributed by atoms with van der Waals surface area (Å²) < 4.78 is 13.5. The number of nitrogens with zero attached hydrogens (tertiary/aromatic N) is 2. The van der Waals surface area contributed by atoms with E-state index in [1.165, 1.54) is 0 Å². The van der Waals surface area contributed by atoms with Crippen LogP contribution in [0, 0.1) is 5.41 Å². The highest BCUT2D eigenvalue weighted by atomic mass is 35.5. The molecule has 0 unspecified atom stereocenters. The molecule has 0 bridgehead atoms. The van der Waals surface area contributed by atoms with E-state index in [-0.39, 0.29) is 5.91 Å². The zero-order chi connectivity index (χ0) is 16.8. The number of carbonyl (C=O) groups is 1. The van der Waals surface area contributed by atoms with Crippen LogP contribution < -0.4 is 5.32 Å². The average molecular weight is 352 g/mol. The summed E-state index contributed by atoms with van der Waals surface area (Å²) in [5.41, 5.74) is 1.85. The van der Waals surface area contributed by atoms with Crippen molar-refractivity contribution < 1.29 is 9.00 Å². The largest absolute Gasteiger partial charge is 0.310 e. The van der Waals surface area contributed by atoms with Crippen LogP contribution >= 0.6 is 11.6 Å². The predicted octanol–water partition coefficient (Wildman–Crippen LogP) is 3.27. The summed E-state index contributed by atoms with van der Waals surface area (Å²) in [7, 11) is -0.957. The van der Waals surface area contributed by atoms with E-state index in [1.54, 1.807) is 16.8 Å². The van der Waals surface area contributed by atoms with E-state index in [0.717, 1.165) is 16.9 Å². The highest BCUT2D eigenvalue weighted by Gasteiger charge is 2.30. The molecular weight excluding hydrogens is 334 g/mol. The molecule has 5 nitrogen and oxygen atoms in total. The Morgan fingerprint density at radius 2 is 2.09 bits per heavy atom. The lowest BCUT2D eigenvalue weighted by atomic mass is 9.96. The molecule has 0 radical (unpaired) electrons. The molecule has 1 aromatic heterocycles. The topological polar surface area (TPSA) is 64.0 Å². The first kappa shape index (κ1) is 16.2. The number of carbonyl (C=O) groups excluding carboxylic acids is 1. The maximum Gasteiger partial charge on any atom is 0.230 e. The maximum atomic E-state index is 12.4. The van der Waals surface area contributed by atoms with Gasteiger partial charge in [-0.1, -0.05) is 38.4 Å². The molecule has 3 rings (SSSR count). The van der Waals surface area contributed by atoms with E-state index in [1.807, 2.05) is 32.9 Å². The van der Waals surface area contributed by atoms with Crippen molar-refractivity contribution in [1.29, 1.82) is 0 Å². The second-order valence-electron chi connectivity index (χ2n) is 6.60. The van der Waals surface area contributed by atoms with Crippen LogP contribution in [-0.4, -0.2) is 19.9 Å². The van der Waals surface area contributed by atoms with Gasteiger partial charge < -0.3 is 5.32 Å². The number of nitrogens with one attached hydrogen (secondary N) is 1. The lowest BCUT2D eigenvalue weighted by molar-refractivity contribution is -0.123. The van der Waals surface area contributed by atoms with Crippen molar-refractivity contribution in [2.45, 2.75) is 32.3 Å². The molecule has 1 amide bonds. The van der Waals surface area contributed by atoms with E-state index in [9.17, 15) is 9.00 Å². The van der Waals surface area contributed by atoms with Gasteiger partial charge in [0.1, 0.15) is 5.82 Å². The van der Waals surface area contributed by atoms with Crippen LogP contribution in [0.25, 0.3) is 5.69 Å². The Hall–Kier alpha value is -1.66. The third-order valence-electron chi connectivity index (χ3n) is 3.64. The fourth-order valence-corrected chi connectivity index (χ4v) is 3.79. The van der Waals surface area contributed by atoms with Gasteiger partial charge in [0.25, 0.3) is 0 Å². The molecule has 2 heterocycles. The van der Waals surface area contributed by atoms with Gasteiger partial charge in [0.05, 0.1) is 22.9 Å². The number of amides is 1. The number of hydrogen-bond acceptors (Lipinski definition) is 3. The Morgan fingerprint density at radius 3 is 2.74 bits per heavy atom. The minimum absolute atomic E-state index is 0.110. The molecule has 1 aromatic carbocycles. The van der Waals surface area contributed by atoms with Crippen molar-refractivity contribution in [1.82, 2.24) is 9.78 Å². The molecule has 0 saturated carbocycles. The molecule has 23 heavy (non-hydrogen) atoms. The third-order valence-corrected chi connectivity index (χ3v) is 5.08. The highest BCUT2D eigenvalue weighted by Crippen LogP contribution is 2.32. The molecule has 1 N–H and O–H groups in total. The van der Waals surface area contributed by atoms with Gasteiger partial charge in [-0.2, -0.15) is 5.10 Å². The quantitative estimate of drug-likeness (QED) is 0.903. The molecule has 0 spiro atoms. The van der Waals surface area contributed by atoms with Gasteiger partial charge in [-0.25, -0.2) is 4.68 Å². The Labute approximate surface area is 142 Å². The van der Waals surface area contributed by atoms with Crippen molar-refractivity contribution in [2.75, 3.05) is 5.32 Å². The standard InChI is InChI=1S/C16H18ClN3O2S/c1-16(2,3)15(21)18-14-12-8-23(22)9-13(12)19-20(14)11-6-4-5-10(17)7-11/h4-7H,8-9H2,1-3H3,(H,18,21)/t23-/m1/s1. The second kappa shape index (κ2) is 5.76. The summed E-state index contributed by atoms with van der Waals surface area (Å²) in [6.45, 7) is 5.54. The summed E-state index contributed by atoms with van der Waals surface area (Å²) in [5, 5.41) is 8.08. The van der Waals surface area contributed by atoms with Gasteiger partial charge in [-0.05, 0) is 18.2 Å². The van der Waals surface area contributed by atoms with Gasteiger partial charge in [-0.3, -0.25) is 9.00 Å². The molecule has 122 valence electrons. The first-order chi connectivity index (χ1) is 10.8. The fraction of sp³-hybridized carbons (Fsp3) is 0.375. The predicted molar refractivity (Wildman–Crippen MR) is 92.2 cm³/mol. The van der Waals surface area contributed by atoms with Crippen LogP contribution in [0.1, 0.15) is 32.0 Å². The molecule has 1 aliphatic rings. The molecule has 1 atom stereocenters. The van der Waals surface area contributed by atoms with Crippen LogP contribution in [0.3, 0.4) is 0 Å². The number of aromatic nitrogens is 2. The van der Waals surface area contributed by atoms with Crippen molar-refractivity contribution in [3.05, 3.63) is 40.5 Å². The van der Waals surface area contributed by atoms with Crippen LogP contribution in [0.4, 0.5) is 5.82 Å². The smallest absolute Gasteiger partial charge is 0.230 e. The molecule has 0 fully saturated rings. The van der Waals surface area contributed by atoms with Crippen LogP contribution in [0.5, 0.6) is 0 Å². The number of hydrogen-bond donors (Lipinski definition) is 1. The first-order valence-electron chi connectivity index (χ1n) is 7.29. The van der Waals surface area contributed by atoms with Gasteiger partial charge in [0.15, 0.2) is 0 Å². The Bertz CT molecular complexity index is 808. The summed E-state index contributed by atoms with van der Waals surface area (Å²) in [6.07, 6.45) is 0. The average Bonchev–Trinajstić information content (AvgIpc) is 2.95. The number of benzene rings is 1. The maximum absolute atomic E-state index is 12.4. The molecule has 0 saturated heterocycles. The van der Waals surface area contributed by atoms with Gasteiger partial charge in [-0.15, -0.1) is 0 Å². The molecule has 7 heteroatoms. The summed E-state index contributed by atoms with van der Waals surface area (Å²) >= 11 is 6.07. The molecule has 0 aliphatic carbocycles. The van der Waals surface area contributed by atoms with Gasteiger partial charge >= 0.3 is 0 Å². The first-order valence-corrected chi connectivity index (χ1v) is 9.15. The second-order valence-corrected chi connectivity index (χ2v) is 8.49. The van der Waals surface area contributed by atoms with Crippen LogP contribution in [0.2, 0.25) is 5.02 Å². The van der Waals surface area contributed by atoms with Crippen LogP contribution in [0.15, 0.2) is 24.3 Å². The van der Waals surface area contributed by atoms with E-state index < -0.39 is 16.2 Å². The summed E-state index contributed by atoms with van der Waals surface area (Å²) in [6, 6.07) is 7.27. The minimum atomic E-state index is -0.957. The Balaban J connectivity index is 2.09. The fourth-order valence-electron chi connectivity index (χ4n) is 2.35. The zero-order valence-electron chi connectivity index (χ0n) is 13.2.